The first-order valence-electron chi connectivity index (χ1n) is 5.23. The fourth-order valence-corrected chi connectivity index (χ4v) is 1.74. The van der Waals surface area contributed by atoms with Crippen molar-refractivity contribution in [1.29, 1.82) is 0 Å². The smallest absolute Gasteiger partial charge is 0.179 e. The van der Waals surface area contributed by atoms with E-state index in [-0.39, 0.29) is 5.78 Å². The van der Waals surface area contributed by atoms with Crippen LogP contribution in [0.15, 0.2) is 18.2 Å². The third-order valence-electron chi connectivity index (χ3n) is 2.80. The van der Waals surface area contributed by atoms with Gasteiger partial charge < -0.3 is 10.3 Å². The monoisotopic (exact) mass is 217 g/mol. The van der Waals surface area contributed by atoms with Crippen LogP contribution < -0.4 is 5.73 Å². The van der Waals surface area contributed by atoms with Crippen molar-refractivity contribution < 1.29 is 4.79 Å². The lowest BCUT2D eigenvalue weighted by Gasteiger charge is -2.04. The number of hydrogen-bond donors (Lipinski definition) is 1. The van der Waals surface area contributed by atoms with Crippen molar-refractivity contribution in [2.24, 2.45) is 12.8 Å². The average Bonchev–Trinajstić information content (AvgIpc) is 2.53. The third kappa shape index (κ3) is 1.61. The highest BCUT2D eigenvalue weighted by atomic mass is 16.1. The number of rotatable bonds is 2. The Bertz CT molecular complexity index is 555. The number of Topliss-reactive ketones (excluding diaryl/α,β-unsaturated/α-hetero) is 1. The van der Waals surface area contributed by atoms with Crippen molar-refractivity contribution in [2.45, 2.75) is 19.9 Å². The summed E-state index contributed by atoms with van der Waals surface area (Å²) in [6, 6.07) is 5.04. The van der Waals surface area contributed by atoms with Gasteiger partial charge >= 0.3 is 0 Å². The van der Waals surface area contributed by atoms with Gasteiger partial charge in [-0.2, -0.15) is 0 Å². The second kappa shape index (κ2) is 3.72. The molecular formula is C12H15N3O. The second-order valence-electron chi connectivity index (χ2n) is 4.07. The minimum Gasteiger partial charge on any atom is -0.331 e. The van der Waals surface area contributed by atoms with Gasteiger partial charge in [0.15, 0.2) is 5.78 Å². The molecule has 2 aromatic rings. The maximum Gasteiger partial charge on any atom is 0.179 e. The first-order valence-corrected chi connectivity index (χ1v) is 5.23. The van der Waals surface area contributed by atoms with E-state index in [4.69, 9.17) is 5.73 Å². The first kappa shape index (κ1) is 10.8. The zero-order valence-corrected chi connectivity index (χ0v) is 9.69. The molecule has 1 aromatic carbocycles. The van der Waals surface area contributed by atoms with Gasteiger partial charge in [0.1, 0.15) is 5.82 Å². The van der Waals surface area contributed by atoms with Crippen molar-refractivity contribution in [2.75, 3.05) is 0 Å². The van der Waals surface area contributed by atoms with E-state index >= 15 is 0 Å². The normalized spacial score (nSPS) is 13.0. The highest BCUT2D eigenvalue weighted by molar-refractivity contribution is 6.02. The maximum atomic E-state index is 11.7. The van der Waals surface area contributed by atoms with E-state index in [1.807, 2.05) is 24.6 Å². The fourth-order valence-electron chi connectivity index (χ4n) is 1.74. The molecule has 0 spiro atoms. The summed E-state index contributed by atoms with van der Waals surface area (Å²) < 4.78 is 2.00. The van der Waals surface area contributed by atoms with Crippen LogP contribution in [0.5, 0.6) is 0 Å². The predicted octanol–water partition coefficient (Wildman–Crippen LogP) is 1.41. The quantitative estimate of drug-likeness (QED) is 0.774. The molecule has 0 saturated heterocycles. The van der Waals surface area contributed by atoms with Crippen LogP contribution in [0.25, 0.3) is 11.0 Å². The minimum absolute atomic E-state index is 0.0507. The van der Waals surface area contributed by atoms with Crippen LogP contribution in [-0.4, -0.2) is 21.4 Å². The minimum atomic E-state index is -0.470. The molecule has 1 unspecified atom stereocenters. The molecular weight excluding hydrogens is 202 g/mol. The molecule has 2 N–H and O–H groups in total. The summed E-state index contributed by atoms with van der Waals surface area (Å²) in [7, 11) is 1.96. The number of aromatic nitrogens is 2. The molecule has 4 nitrogen and oxygen atoms in total. The van der Waals surface area contributed by atoms with Crippen LogP contribution in [0, 0.1) is 6.92 Å². The lowest BCUT2D eigenvalue weighted by Crippen LogP contribution is -2.26. The zero-order valence-electron chi connectivity index (χ0n) is 9.69. The summed E-state index contributed by atoms with van der Waals surface area (Å²) >= 11 is 0. The molecule has 0 fully saturated rings. The Morgan fingerprint density at radius 3 is 2.81 bits per heavy atom. The Balaban J connectivity index is 2.57. The Hall–Kier alpha value is -1.68. The van der Waals surface area contributed by atoms with Crippen LogP contribution in [-0.2, 0) is 7.05 Å². The van der Waals surface area contributed by atoms with Crippen LogP contribution in [0.1, 0.15) is 23.1 Å². The van der Waals surface area contributed by atoms with Crippen LogP contribution in [0.4, 0.5) is 0 Å². The molecule has 1 aromatic heterocycles. The van der Waals surface area contributed by atoms with Gasteiger partial charge in [0, 0.05) is 12.6 Å². The number of nitrogens with zero attached hydrogens (tertiary/aromatic N) is 2. The number of carbonyl (C=O) groups is 1. The van der Waals surface area contributed by atoms with Gasteiger partial charge in [0.2, 0.25) is 0 Å². The molecule has 0 aliphatic carbocycles. The topological polar surface area (TPSA) is 60.9 Å². The summed E-state index contributed by atoms with van der Waals surface area (Å²) in [6.45, 7) is 3.63. The lowest BCUT2D eigenvalue weighted by molar-refractivity contribution is 0.0968. The lowest BCUT2D eigenvalue weighted by atomic mass is 10.1. The van der Waals surface area contributed by atoms with E-state index in [0.29, 0.717) is 5.56 Å². The Labute approximate surface area is 94.1 Å². The molecule has 0 bridgehead atoms. The largest absolute Gasteiger partial charge is 0.331 e. The summed E-state index contributed by atoms with van der Waals surface area (Å²) in [4.78, 5) is 16.1. The summed E-state index contributed by atoms with van der Waals surface area (Å²) in [5.41, 5.74) is 8.06. The molecule has 0 saturated carbocycles. The van der Waals surface area contributed by atoms with Gasteiger partial charge in [0.05, 0.1) is 17.1 Å². The van der Waals surface area contributed by atoms with Gasteiger partial charge in [-0.1, -0.05) is 0 Å². The van der Waals surface area contributed by atoms with Gasteiger partial charge in [-0.3, -0.25) is 4.79 Å². The molecule has 2 rings (SSSR count). The van der Waals surface area contributed by atoms with Crippen molar-refractivity contribution >= 4 is 16.8 Å². The van der Waals surface area contributed by atoms with Crippen LogP contribution in [0.2, 0.25) is 0 Å². The number of ketones is 1. The second-order valence-corrected chi connectivity index (χ2v) is 4.07. The van der Waals surface area contributed by atoms with Crippen molar-refractivity contribution in [3.8, 4) is 0 Å². The Morgan fingerprint density at radius 2 is 2.19 bits per heavy atom. The molecule has 16 heavy (non-hydrogen) atoms. The van der Waals surface area contributed by atoms with Gasteiger partial charge in [-0.05, 0) is 32.0 Å². The van der Waals surface area contributed by atoms with Gasteiger partial charge in [-0.25, -0.2) is 4.98 Å². The molecule has 84 valence electrons. The SMILES string of the molecule is Cc1nc2cc(C(=O)C(C)N)ccc2n1C. The summed E-state index contributed by atoms with van der Waals surface area (Å²) in [6.07, 6.45) is 0. The molecule has 1 atom stereocenters. The summed E-state index contributed by atoms with van der Waals surface area (Å²) in [5.74, 6) is 0.880. The van der Waals surface area contributed by atoms with Crippen molar-refractivity contribution in [1.82, 2.24) is 9.55 Å². The third-order valence-corrected chi connectivity index (χ3v) is 2.80. The number of aryl methyl sites for hydroxylation is 2. The average molecular weight is 217 g/mol. The van der Waals surface area contributed by atoms with Gasteiger partial charge in [-0.15, -0.1) is 0 Å². The molecule has 4 heteroatoms. The number of hydrogen-bond acceptors (Lipinski definition) is 3. The molecule has 0 amide bonds. The molecule has 0 aliphatic rings. The maximum absolute atomic E-state index is 11.7. The van der Waals surface area contributed by atoms with Crippen LogP contribution >= 0.6 is 0 Å². The van der Waals surface area contributed by atoms with E-state index in [9.17, 15) is 4.79 Å². The number of imidazole rings is 1. The van der Waals surface area contributed by atoms with E-state index in [1.54, 1.807) is 19.1 Å². The molecule has 0 aliphatic heterocycles. The van der Waals surface area contributed by atoms with E-state index < -0.39 is 6.04 Å². The number of nitrogens with two attached hydrogens (primary N) is 1. The number of carbonyl (C=O) groups excluding carboxylic acids is 1. The number of fused-ring (bicyclic) bond motifs is 1. The molecule has 0 radical (unpaired) electrons. The highest BCUT2D eigenvalue weighted by Crippen LogP contribution is 2.17. The first-order chi connectivity index (χ1) is 7.50. The predicted molar refractivity (Wildman–Crippen MR) is 63.4 cm³/mol. The Kier molecular flexibility index (Phi) is 2.52. The standard InChI is InChI=1S/C12H15N3O/c1-7(13)12(16)9-4-5-11-10(6-9)14-8(2)15(11)3/h4-7H,13H2,1-3H3. The Morgan fingerprint density at radius 1 is 1.50 bits per heavy atom. The van der Waals surface area contributed by atoms with Gasteiger partial charge in [0.25, 0.3) is 0 Å². The fraction of sp³-hybridized carbons (Fsp3) is 0.333. The van der Waals surface area contributed by atoms with Crippen molar-refractivity contribution in [3.05, 3.63) is 29.6 Å². The zero-order chi connectivity index (χ0) is 11.9. The van der Waals surface area contributed by atoms with Crippen LogP contribution in [0.3, 0.4) is 0 Å². The van der Waals surface area contributed by atoms with E-state index in [2.05, 4.69) is 4.98 Å². The highest BCUT2D eigenvalue weighted by Gasteiger charge is 2.12. The van der Waals surface area contributed by atoms with E-state index in [1.165, 1.54) is 0 Å². The summed E-state index contributed by atoms with van der Waals surface area (Å²) in [5, 5.41) is 0. The van der Waals surface area contributed by atoms with E-state index in [0.717, 1.165) is 16.9 Å². The number of benzene rings is 1. The van der Waals surface area contributed by atoms with Crippen molar-refractivity contribution in [3.63, 3.8) is 0 Å². The molecule has 1 heterocycles.